The Morgan fingerprint density at radius 3 is 3.11 bits per heavy atom. The normalized spacial score (nSPS) is 10.5. The largest absolute Gasteiger partial charge is 0.465 e. The smallest absolute Gasteiger partial charge is 0.326 e. The van der Waals surface area contributed by atoms with Crippen LogP contribution in [0.25, 0.3) is 11.0 Å². The zero-order valence-corrected chi connectivity index (χ0v) is 10.5. The predicted molar refractivity (Wildman–Crippen MR) is 67.8 cm³/mol. The Bertz CT molecular complexity index is 704. The third-order valence-corrected chi connectivity index (χ3v) is 2.66. The van der Waals surface area contributed by atoms with Crippen molar-refractivity contribution in [2.45, 2.75) is 13.5 Å². The lowest BCUT2D eigenvalue weighted by Crippen LogP contribution is -2.27. The van der Waals surface area contributed by atoms with E-state index >= 15 is 0 Å². The standard InChI is InChI=1S/C11H11N3O3S/c1-2-17-8(15)6-14-10(16)9-7(13-11(14)18)4-3-5-12-9/h3-5H,2,6H2,1H3,(H,13,18). The molecule has 0 aliphatic heterocycles. The second-order valence-electron chi connectivity index (χ2n) is 3.53. The summed E-state index contributed by atoms with van der Waals surface area (Å²) in [6.07, 6.45) is 1.51. The van der Waals surface area contributed by atoms with Crippen molar-refractivity contribution >= 4 is 29.2 Å². The molecule has 94 valence electrons. The molecule has 2 heterocycles. The number of nitrogens with zero attached hydrogens (tertiary/aromatic N) is 2. The van der Waals surface area contributed by atoms with Crippen LogP contribution in [0.1, 0.15) is 6.92 Å². The molecule has 2 rings (SSSR count). The average molecular weight is 265 g/mol. The van der Waals surface area contributed by atoms with Crippen LogP contribution in [0, 0.1) is 4.77 Å². The van der Waals surface area contributed by atoms with Crippen molar-refractivity contribution < 1.29 is 9.53 Å². The monoisotopic (exact) mass is 265 g/mol. The fourth-order valence-electron chi connectivity index (χ4n) is 1.56. The number of H-pyrrole nitrogens is 1. The summed E-state index contributed by atoms with van der Waals surface area (Å²) in [6.45, 7) is 1.74. The number of nitrogens with one attached hydrogen (secondary N) is 1. The first-order chi connectivity index (χ1) is 8.63. The van der Waals surface area contributed by atoms with Gasteiger partial charge in [-0.2, -0.15) is 0 Å². The first-order valence-electron chi connectivity index (χ1n) is 5.37. The number of aromatic nitrogens is 3. The van der Waals surface area contributed by atoms with Crippen LogP contribution in [-0.4, -0.2) is 27.1 Å². The molecule has 0 spiro atoms. The van der Waals surface area contributed by atoms with E-state index in [9.17, 15) is 9.59 Å². The van der Waals surface area contributed by atoms with Gasteiger partial charge in [-0.05, 0) is 31.3 Å². The molecule has 18 heavy (non-hydrogen) atoms. The minimum Gasteiger partial charge on any atom is -0.465 e. The molecule has 0 fully saturated rings. The number of ether oxygens (including phenoxy) is 1. The molecule has 0 aliphatic carbocycles. The Labute approximate surface area is 107 Å². The number of rotatable bonds is 3. The van der Waals surface area contributed by atoms with Crippen LogP contribution < -0.4 is 5.56 Å². The molecule has 0 bridgehead atoms. The number of aromatic amines is 1. The minimum atomic E-state index is -0.505. The number of carbonyl (C=O) groups is 1. The van der Waals surface area contributed by atoms with E-state index in [1.54, 1.807) is 19.1 Å². The van der Waals surface area contributed by atoms with E-state index in [1.807, 2.05) is 0 Å². The number of esters is 1. The molecular weight excluding hydrogens is 254 g/mol. The zero-order valence-electron chi connectivity index (χ0n) is 9.67. The molecule has 0 saturated heterocycles. The molecule has 0 saturated carbocycles. The molecule has 2 aromatic heterocycles. The molecule has 0 atom stereocenters. The third-order valence-electron chi connectivity index (χ3n) is 2.33. The van der Waals surface area contributed by atoms with Crippen molar-refractivity contribution in [3.63, 3.8) is 0 Å². The van der Waals surface area contributed by atoms with Crippen LogP contribution in [0.5, 0.6) is 0 Å². The van der Waals surface area contributed by atoms with Crippen LogP contribution in [0.3, 0.4) is 0 Å². The summed E-state index contributed by atoms with van der Waals surface area (Å²) in [5.41, 5.74) is 0.394. The Hall–Kier alpha value is -2.02. The summed E-state index contributed by atoms with van der Waals surface area (Å²) in [4.78, 5) is 30.3. The van der Waals surface area contributed by atoms with Crippen molar-refractivity contribution in [1.82, 2.24) is 14.5 Å². The second kappa shape index (κ2) is 5.09. The molecule has 0 aliphatic rings. The van der Waals surface area contributed by atoms with Gasteiger partial charge in [-0.15, -0.1) is 0 Å². The van der Waals surface area contributed by atoms with Gasteiger partial charge in [-0.25, -0.2) is 4.98 Å². The Morgan fingerprint density at radius 2 is 2.39 bits per heavy atom. The summed E-state index contributed by atoms with van der Waals surface area (Å²) in [5, 5.41) is 0. The van der Waals surface area contributed by atoms with E-state index < -0.39 is 11.5 Å². The maximum atomic E-state index is 12.1. The summed E-state index contributed by atoms with van der Waals surface area (Å²) in [7, 11) is 0. The van der Waals surface area contributed by atoms with Crippen LogP contribution in [0.15, 0.2) is 23.1 Å². The highest BCUT2D eigenvalue weighted by Gasteiger charge is 2.10. The summed E-state index contributed by atoms with van der Waals surface area (Å²) in [6, 6.07) is 3.40. The van der Waals surface area contributed by atoms with Gasteiger partial charge in [-0.1, -0.05) is 0 Å². The summed E-state index contributed by atoms with van der Waals surface area (Å²) >= 11 is 5.04. The van der Waals surface area contributed by atoms with Gasteiger partial charge in [-0.3, -0.25) is 14.2 Å². The summed E-state index contributed by atoms with van der Waals surface area (Å²) in [5.74, 6) is -0.505. The van der Waals surface area contributed by atoms with Crippen molar-refractivity contribution in [3.05, 3.63) is 33.5 Å². The van der Waals surface area contributed by atoms with Gasteiger partial charge in [0.05, 0.1) is 12.1 Å². The lowest BCUT2D eigenvalue weighted by atomic mass is 10.3. The molecule has 7 heteroatoms. The Balaban J connectivity index is 2.55. The zero-order chi connectivity index (χ0) is 13.1. The van der Waals surface area contributed by atoms with Gasteiger partial charge in [0, 0.05) is 6.20 Å². The molecule has 0 aromatic carbocycles. The third kappa shape index (κ3) is 2.30. The number of fused-ring (bicyclic) bond motifs is 1. The van der Waals surface area contributed by atoms with Gasteiger partial charge in [0.2, 0.25) is 0 Å². The molecule has 6 nitrogen and oxygen atoms in total. The minimum absolute atomic E-state index is 0.175. The van der Waals surface area contributed by atoms with Crippen molar-refractivity contribution in [1.29, 1.82) is 0 Å². The quantitative estimate of drug-likeness (QED) is 0.662. The van der Waals surface area contributed by atoms with Crippen LogP contribution in [0.2, 0.25) is 0 Å². The summed E-state index contributed by atoms with van der Waals surface area (Å²) < 4.78 is 6.10. The van der Waals surface area contributed by atoms with Crippen molar-refractivity contribution in [3.8, 4) is 0 Å². The first kappa shape index (κ1) is 12.4. The highest BCUT2D eigenvalue weighted by Crippen LogP contribution is 2.02. The van der Waals surface area contributed by atoms with Crippen LogP contribution in [0.4, 0.5) is 0 Å². The fourth-order valence-corrected chi connectivity index (χ4v) is 1.82. The number of pyridine rings is 1. The van der Waals surface area contributed by atoms with Crippen LogP contribution >= 0.6 is 12.2 Å². The number of hydrogen-bond donors (Lipinski definition) is 1. The molecule has 0 amide bonds. The SMILES string of the molecule is CCOC(=O)Cn1c(=S)[nH]c2cccnc2c1=O. The van der Waals surface area contributed by atoms with Gasteiger partial charge >= 0.3 is 5.97 Å². The Kier molecular flexibility index (Phi) is 3.52. The van der Waals surface area contributed by atoms with E-state index in [0.717, 1.165) is 4.57 Å². The average Bonchev–Trinajstić information content (AvgIpc) is 2.35. The van der Waals surface area contributed by atoms with Crippen molar-refractivity contribution in [2.24, 2.45) is 0 Å². The topological polar surface area (TPSA) is 77.0 Å². The van der Waals surface area contributed by atoms with E-state index in [-0.39, 0.29) is 23.4 Å². The van der Waals surface area contributed by atoms with E-state index in [2.05, 4.69) is 9.97 Å². The maximum Gasteiger partial charge on any atom is 0.326 e. The Morgan fingerprint density at radius 1 is 1.61 bits per heavy atom. The molecule has 0 unspecified atom stereocenters. The van der Waals surface area contributed by atoms with E-state index in [0.29, 0.717) is 5.52 Å². The molecule has 2 aromatic rings. The lowest BCUT2D eigenvalue weighted by molar-refractivity contribution is -0.143. The molecular formula is C11H11N3O3S. The highest BCUT2D eigenvalue weighted by molar-refractivity contribution is 7.71. The van der Waals surface area contributed by atoms with Gasteiger partial charge in [0.15, 0.2) is 10.3 Å². The number of hydrogen-bond acceptors (Lipinski definition) is 5. The van der Waals surface area contributed by atoms with E-state index in [1.165, 1.54) is 6.20 Å². The van der Waals surface area contributed by atoms with Crippen LogP contribution in [-0.2, 0) is 16.1 Å². The maximum absolute atomic E-state index is 12.1. The van der Waals surface area contributed by atoms with Crippen molar-refractivity contribution in [2.75, 3.05) is 6.61 Å². The van der Waals surface area contributed by atoms with Gasteiger partial charge in [0.25, 0.3) is 5.56 Å². The van der Waals surface area contributed by atoms with Gasteiger partial charge in [0.1, 0.15) is 6.54 Å². The number of carbonyl (C=O) groups excluding carboxylic acids is 1. The van der Waals surface area contributed by atoms with E-state index in [4.69, 9.17) is 17.0 Å². The predicted octanol–water partition coefficient (Wildman–Crippen LogP) is 1.02. The van der Waals surface area contributed by atoms with Gasteiger partial charge < -0.3 is 9.72 Å². The molecule has 1 N–H and O–H groups in total. The second-order valence-corrected chi connectivity index (χ2v) is 3.91. The highest BCUT2D eigenvalue weighted by atomic mass is 32.1. The first-order valence-corrected chi connectivity index (χ1v) is 5.77. The molecule has 0 radical (unpaired) electrons. The lowest BCUT2D eigenvalue weighted by Gasteiger charge is -2.06. The fraction of sp³-hybridized carbons (Fsp3) is 0.273.